The molecule has 0 atom stereocenters. The molecule has 5 nitrogen and oxygen atoms in total. The Hall–Kier alpha value is -1.36. The average Bonchev–Trinajstić information content (AvgIpc) is 2.51. The fourth-order valence-electron chi connectivity index (χ4n) is 1.49. The van der Waals surface area contributed by atoms with Crippen LogP contribution in [0.5, 0.6) is 0 Å². The SMILES string of the molecule is CNCC(C)(C)n1ccnc1C(N)=O. The maximum Gasteiger partial charge on any atom is 0.284 e. The van der Waals surface area contributed by atoms with Gasteiger partial charge in [-0.1, -0.05) is 0 Å². The van der Waals surface area contributed by atoms with E-state index in [0.717, 1.165) is 6.54 Å². The topological polar surface area (TPSA) is 72.9 Å². The molecule has 1 aromatic heterocycles. The first kappa shape index (κ1) is 10.7. The molecule has 0 unspecified atom stereocenters. The summed E-state index contributed by atoms with van der Waals surface area (Å²) in [6, 6.07) is 0. The molecule has 1 aromatic rings. The van der Waals surface area contributed by atoms with Crippen molar-refractivity contribution in [2.24, 2.45) is 5.73 Å². The predicted molar refractivity (Wildman–Crippen MR) is 54.0 cm³/mol. The fraction of sp³-hybridized carbons (Fsp3) is 0.556. The summed E-state index contributed by atoms with van der Waals surface area (Å²) < 4.78 is 1.78. The van der Waals surface area contributed by atoms with Gasteiger partial charge in [-0.2, -0.15) is 0 Å². The summed E-state index contributed by atoms with van der Waals surface area (Å²) in [7, 11) is 1.86. The Labute approximate surface area is 83.3 Å². The van der Waals surface area contributed by atoms with Crippen LogP contribution in [0.4, 0.5) is 0 Å². The summed E-state index contributed by atoms with van der Waals surface area (Å²) in [6.45, 7) is 4.76. The van der Waals surface area contributed by atoms with Crippen molar-refractivity contribution in [2.75, 3.05) is 13.6 Å². The zero-order chi connectivity index (χ0) is 10.8. The molecular formula is C9H16N4O. The highest BCUT2D eigenvalue weighted by Crippen LogP contribution is 2.15. The van der Waals surface area contributed by atoms with E-state index in [0.29, 0.717) is 5.82 Å². The zero-order valence-electron chi connectivity index (χ0n) is 8.74. The van der Waals surface area contributed by atoms with Crippen LogP contribution >= 0.6 is 0 Å². The van der Waals surface area contributed by atoms with Gasteiger partial charge in [-0.15, -0.1) is 0 Å². The monoisotopic (exact) mass is 196 g/mol. The van der Waals surface area contributed by atoms with Gasteiger partial charge in [-0.3, -0.25) is 4.79 Å². The van der Waals surface area contributed by atoms with E-state index in [1.165, 1.54) is 0 Å². The van der Waals surface area contributed by atoms with Gasteiger partial charge in [0.1, 0.15) is 0 Å². The quantitative estimate of drug-likeness (QED) is 0.708. The van der Waals surface area contributed by atoms with Crippen molar-refractivity contribution in [2.45, 2.75) is 19.4 Å². The number of amides is 1. The van der Waals surface area contributed by atoms with Gasteiger partial charge in [0.05, 0.1) is 5.54 Å². The number of nitrogens with one attached hydrogen (secondary N) is 1. The predicted octanol–water partition coefficient (Wildman–Crippen LogP) is -0.0635. The van der Waals surface area contributed by atoms with Gasteiger partial charge in [-0.05, 0) is 20.9 Å². The summed E-state index contributed by atoms with van der Waals surface area (Å²) in [5, 5.41) is 3.06. The lowest BCUT2D eigenvalue weighted by atomic mass is 10.1. The molecule has 0 aromatic carbocycles. The van der Waals surface area contributed by atoms with Gasteiger partial charge in [0.15, 0.2) is 5.82 Å². The number of hydrogen-bond donors (Lipinski definition) is 2. The molecule has 0 saturated carbocycles. The number of rotatable bonds is 4. The maximum absolute atomic E-state index is 11.1. The van der Waals surface area contributed by atoms with E-state index in [4.69, 9.17) is 5.73 Å². The molecule has 78 valence electrons. The largest absolute Gasteiger partial charge is 0.363 e. The molecule has 1 heterocycles. The minimum Gasteiger partial charge on any atom is -0.363 e. The molecule has 0 aliphatic heterocycles. The molecule has 0 fully saturated rings. The van der Waals surface area contributed by atoms with E-state index in [9.17, 15) is 4.79 Å². The molecule has 0 bridgehead atoms. The van der Waals surface area contributed by atoms with Crippen LogP contribution < -0.4 is 11.1 Å². The van der Waals surface area contributed by atoms with Gasteiger partial charge in [-0.25, -0.2) is 4.98 Å². The Balaban J connectivity index is 3.05. The number of carbonyl (C=O) groups excluding carboxylic acids is 1. The van der Waals surface area contributed by atoms with Crippen molar-refractivity contribution in [1.29, 1.82) is 0 Å². The third kappa shape index (κ3) is 1.93. The van der Waals surface area contributed by atoms with Crippen LogP contribution in [0.1, 0.15) is 24.5 Å². The van der Waals surface area contributed by atoms with E-state index >= 15 is 0 Å². The number of carbonyl (C=O) groups is 1. The number of nitrogens with zero attached hydrogens (tertiary/aromatic N) is 2. The summed E-state index contributed by atoms with van der Waals surface area (Å²) in [4.78, 5) is 15.0. The van der Waals surface area contributed by atoms with Crippen LogP contribution in [0, 0.1) is 0 Å². The molecule has 5 heteroatoms. The second kappa shape index (κ2) is 3.79. The minimum atomic E-state index is -0.501. The average molecular weight is 196 g/mol. The molecular weight excluding hydrogens is 180 g/mol. The van der Waals surface area contributed by atoms with Crippen LogP contribution in [0.3, 0.4) is 0 Å². The van der Waals surface area contributed by atoms with Crippen molar-refractivity contribution < 1.29 is 4.79 Å². The Morgan fingerprint density at radius 2 is 2.36 bits per heavy atom. The lowest BCUT2D eigenvalue weighted by Gasteiger charge is -2.27. The third-order valence-corrected chi connectivity index (χ3v) is 2.12. The first-order chi connectivity index (χ1) is 6.49. The lowest BCUT2D eigenvalue weighted by Crippen LogP contribution is -2.39. The third-order valence-electron chi connectivity index (χ3n) is 2.12. The molecule has 1 rings (SSSR count). The van der Waals surface area contributed by atoms with Crippen LogP contribution in [0.25, 0.3) is 0 Å². The second-order valence-electron chi connectivity index (χ2n) is 3.83. The molecule has 0 radical (unpaired) electrons. The minimum absolute atomic E-state index is 0.213. The van der Waals surface area contributed by atoms with Crippen LogP contribution in [-0.2, 0) is 5.54 Å². The normalized spacial score (nSPS) is 11.6. The van der Waals surface area contributed by atoms with E-state index in [1.807, 2.05) is 20.9 Å². The van der Waals surface area contributed by atoms with E-state index < -0.39 is 5.91 Å². The molecule has 14 heavy (non-hydrogen) atoms. The summed E-state index contributed by atoms with van der Waals surface area (Å²) in [6.07, 6.45) is 3.34. The van der Waals surface area contributed by atoms with Gasteiger partial charge in [0.25, 0.3) is 5.91 Å². The number of aromatic nitrogens is 2. The summed E-state index contributed by atoms with van der Waals surface area (Å²) in [5.74, 6) is -0.204. The number of hydrogen-bond acceptors (Lipinski definition) is 3. The number of imidazole rings is 1. The highest BCUT2D eigenvalue weighted by atomic mass is 16.1. The molecule has 1 amide bonds. The van der Waals surface area contributed by atoms with Crippen molar-refractivity contribution >= 4 is 5.91 Å². The first-order valence-electron chi connectivity index (χ1n) is 4.47. The van der Waals surface area contributed by atoms with Gasteiger partial charge in [0, 0.05) is 18.9 Å². The van der Waals surface area contributed by atoms with Gasteiger partial charge >= 0.3 is 0 Å². The molecule has 0 saturated heterocycles. The van der Waals surface area contributed by atoms with Crippen molar-refractivity contribution in [3.05, 3.63) is 18.2 Å². The highest BCUT2D eigenvalue weighted by molar-refractivity contribution is 5.89. The second-order valence-corrected chi connectivity index (χ2v) is 3.83. The summed E-state index contributed by atoms with van der Waals surface area (Å²) >= 11 is 0. The smallest absolute Gasteiger partial charge is 0.284 e. The van der Waals surface area contributed by atoms with E-state index in [1.54, 1.807) is 17.0 Å². The van der Waals surface area contributed by atoms with E-state index in [2.05, 4.69) is 10.3 Å². The Bertz CT molecular complexity index is 329. The first-order valence-corrected chi connectivity index (χ1v) is 4.47. The van der Waals surface area contributed by atoms with Crippen LogP contribution in [0.15, 0.2) is 12.4 Å². The van der Waals surface area contributed by atoms with Crippen LogP contribution in [0.2, 0.25) is 0 Å². The van der Waals surface area contributed by atoms with E-state index in [-0.39, 0.29) is 5.54 Å². The van der Waals surface area contributed by atoms with Crippen molar-refractivity contribution in [3.63, 3.8) is 0 Å². The molecule has 0 aliphatic rings. The Morgan fingerprint density at radius 1 is 1.71 bits per heavy atom. The van der Waals surface area contributed by atoms with Crippen molar-refractivity contribution in [3.8, 4) is 0 Å². The van der Waals surface area contributed by atoms with Crippen LogP contribution in [-0.4, -0.2) is 29.1 Å². The Morgan fingerprint density at radius 3 is 2.86 bits per heavy atom. The molecule has 3 N–H and O–H groups in total. The van der Waals surface area contributed by atoms with Crippen molar-refractivity contribution in [1.82, 2.24) is 14.9 Å². The molecule has 0 aliphatic carbocycles. The maximum atomic E-state index is 11.1. The Kier molecular flexibility index (Phi) is 2.90. The highest BCUT2D eigenvalue weighted by Gasteiger charge is 2.23. The number of likely N-dealkylation sites (N-methyl/N-ethyl adjacent to an activating group) is 1. The zero-order valence-corrected chi connectivity index (χ0v) is 8.74. The lowest BCUT2D eigenvalue weighted by molar-refractivity contribution is 0.0979. The van der Waals surface area contributed by atoms with Gasteiger partial charge < -0.3 is 15.6 Å². The number of primary amides is 1. The summed E-state index contributed by atoms with van der Waals surface area (Å²) in [5.41, 5.74) is 5.00. The molecule has 0 spiro atoms. The fourth-order valence-corrected chi connectivity index (χ4v) is 1.49. The van der Waals surface area contributed by atoms with Gasteiger partial charge in [0.2, 0.25) is 0 Å². The number of nitrogens with two attached hydrogens (primary N) is 1. The standard InChI is InChI=1S/C9H16N4O/c1-9(2,6-11-3)13-5-4-12-8(13)7(10)14/h4-5,11H,6H2,1-3H3,(H2,10,14).